The average Bonchev–Trinajstić information content (AvgIpc) is 2.84. The number of imide groups is 1. The summed E-state index contributed by atoms with van der Waals surface area (Å²) in [4.78, 5) is 25.0. The predicted octanol–water partition coefficient (Wildman–Crippen LogP) is 0.905. The van der Waals surface area contributed by atoms with E-state index in [1.807, 2.05) is 36.5 Å². The summed E-state index contributed by atoms with van der Waals surface area (Å²) in [6, 6.07) is 7.00. The zero-order valence-corrected chi connectivity index (χ0v) is 12.4. The molecule has 1 aromatic rings. The molecule has 0 aliphatic carbocycles. The first-order valence-corrected chi connectivity index (χ1v) is 7.07. The number of quaternary nitrogens is 1. The van der Waals surface area contributed by atoms with Crippen molar-refractivity contribution in [2.75, 3.05) is 13.1 Å². The van der Waals surface area contributed by atoms with Gasteiger partial charge in [-0.05, 0) is 19.9 Å². The van der Waals surface area contributed by atoms with Gasteiger partial charge in [-0.1, -0.05) is 29.8 Å². The quantitative estimate of drug-likeness (QED) is 0.867. The van der Waals surface area contributed by atoms with Crippen LogP contribution in [0, 0.1) is 0 Å². The Morgan fingerprint density at radius 3 is 2.70 bits per heavy atom. The van der Waals surface area contributed by atoms with E-state index in [9.17, 15) is 9.59 Å². The second kappa shape index (κ2) is 6.24. The summed E-state index contributed by atoms with van der Waals surface area (Å²) in [6.45, 7) is 4.77. The Balaban J connectivity index is 2.00. The molecule has 0 unspecified atom stereocenters. The highest BCUT2D eigenvalue weighted by Crippen LogP contribution is 2.19. The highest BCUT2D eigenvalue weighted by atomic mass is 35.5. The molecule has 108 valence electrons. The van der Waals surface area contributed by atoms with Gasteiger partial charge in [0.2, 0.25) is 0 Å². The number of nitrogens with zero attached hydrogens (tertiary/aromatic N) is 1. The van der Waals surface area contributed by atoms with Crippen LogP contribution in [-0.4, -0.2) is 36.0 Å². The lowest BCUT2D eigenvalue weighted by Gasteiger charge is -2.20. The van der Waals surface area contributed by atoms with Crippen molar-refractivity contribution < 1.29 is 14.9 Å². The number of nitrogens with two attached hydrogens (primary N) is 1. The first-order valence-electron chi connectivity index (χ1n) is 6.69. The van der Waals surface area contributed by atoms with E-state index in [4.69, 9.17) is 11.6 Å². The summed E-state index contributed by atoms with van der Waals surface area (Å²) in [5.74, 6) is -0.168. The van der Waals surface area contributed by atoms with E-state index in [-0.39, 0.29) is 24.0 Å². The second-order valence-corrected chi connectivity index (χ2v) is 5.42. The molecule has 0 aromatic heterocycles. The molecule has 20 heavy (non-hydrogen) atoms. The van der Waals surface area contributed by atoms with Crippen molar-refractivity contribution in [1.82, 2.24) is 10.2 Å². The van der Waals surface area contributed by atoms with E-state index in [0.717, 1.165) is 5.56 Å². The van der Waals surface area contributed by atoms with Gasteiger partial charge in [-0.3, -0.25) is 9.69 Å². The molecule has 5 nitrogen and oxygen atoms in total. The van der Waals surface area contributed by atoms with Gasteiger partial charge in [-0.25, -0.2) is 4.79 Å². The molecular weight excluding hydrogens is 278 g/mol. The lowest BCUT2D eigenvalue weighted by atomic mass is 10.1. The van der Waals surface area contributed by atoms with Crippen LogP contribution < -0.4 is 10.6 Å². The molecule has 2 atom stereocenters. The van der Waals surface area contributed by atoms with Gasteiger partial charge >= 0.3 is 6.03 Å². The number of amides is 3. The first-order chi connectivity index (χ1) is 9.50. The SMILES string of the molecule is C[C@H]([NH2+][C@@H](C)c1ccccc1Cl)C(=O)N1CCNC1=O. The number of carbonyl (C=O) groups excluding carboxylic acids is 2. The van der Waals surface area contributed by atoms with Gasteiger partial charge in [0.15, 0.2) is 6.04 Å². The van der Waals surface area contributed by atoms with Crippen molar-refractivity contribution >= 4 is 23.5 Å². The molecule has 0 bridgehead atoms. The number of halogens is 1. The van der Waals surface area contributed by atoms with Gasteiger partial charge in [0.05, 0.1) is 0 Å². The summed E-state index contributed by atoms with van der Waals surface area (Å²) < 4.78 is 0. The van der Waals surface area contributed by atoms with Crippen LogP contribution in [0.15, 0.2) is 24.3 Å². The third-order valence-corrected chi connectivity index (χ3v) is 3.83. The van der Waals surface area contributed by atoms with Crippen molar-refractivity contribution in [3.63, 3.8) is 0 Å². The smallest absolute Gasteiger partial charge is 0.324 e. The fourth-order valence-corrected chi connectivity index (χ4v) is 2.70. The predicted molar refractivity (Wildman–Crippen MR) is 76.4 cm³/mol. The molecule has 1 fully saturated rings. The summed E-state index contributed by atoms with van der Waals surface area (Å²) >= 11 is 6.15. The maximum absolute atomic E-state index is 12.2. The number of rotatable bonds is 4. The molecule has 3 amide bonds. The zero-order valence-electron chi connectivity index (χ0n) is 11.6. The summed E-state index contributed by atoms with van der Waals surface area (Å²) in [5, 5.41) is 5.25. The van der Waals surface area contributed by atoms with Crippen LogP contribution >= 0.6 is 11.6 Å². The highest BCUT2D eigenvalue weighted by Gasteiger charge is 2.32. The lowest BCUT2D eigenvalue weighted by molar-refractivity contribution is -0.710. The Morgan fingerprint density at radius 2 is 2.10 bits per heavy atom. The Labute approximate surface area is 123 Å². The minimum atomic E-state index is -0.329. The van der Waals surface area contributed by atoms with Gasteiger partial charge in [0.25, 0.3) is 5.91 Å². The minimum Gasteiger partial charge on any atom is -0.336 e. The Kier molecular flexibility index (Phi) is 4.62. The van der Waals surface area contributed by atoms with Gasteiger partial charge in [-0.15, -0.1) is 0 Å². The molecule has 1 saturated heterocycles. The van der Waals surface area contributed by atoms with E-state index in [2.05, 4.69) is 5.32 Å². The fraction of sp³-hybridized carbons (Fsp3) is 0.429. The van der Waals surface area contributed by atoms with Gasteiger partial charge < -0.3 is 10.6 Å². The molecule has 1 aliphatic heterocycles. The van der Waals surface area contributed by atoms with Crippen LogP contribution in [0.2, 0.25) is 5.02 Å². The Bertz CT molecular complexity index is 521. The van der Waals surface area contributed by atoms with E-state index in [1.165, 1.54) is 4.90 Å². The average molecular weight is 297 g/mol. The minimum absolute atomic E-state index is 0.0494. The van der Waals surface area contributed by atoms with Crippen LogP contribution in [0.4, 0.5) is 4.79 Å². The molecular formula is C14H19ClN3O2+. The molecule has 0 saturated carbocycles. The monoisotopic (exact) mass is 296 g/mol. The molecule has 3 N–H and O–H groups in total. The third-order valence-electron chi connectivity index (χ3n) is 3.49. The lowest BCUT2D eigenvalue weighted by Crippen LogP contribution is -2.92. The number of benzene rings is 1. The van der Waals surface area contributed by atoms with Crippen LogP contribution in [0.3, 0.4) is 0 Å². The topological polar surface area (TPSA) is 66.0 Å². The van der Waals surface area contributed by atoms with Crippen LogP contribution in [0.1, 0.15) is 25.5 Å². The maximum Gasteiger partial charge on any atom is 0.324 e. The van der Waals surface area contributed by atoms with Gasteiger partial charge in [0, 0.05) is 23.7 Å². The van der Waals surface area contributed by atoms with Gasteiger partial charge in [0.1, 0.15) is 6.04 Å². The molecule has 2 rings (SSSR count). The standard InChI is InChI=1S/C14H18ClN3O2/c1-9(11-5-3-4-6-12(11)15)17-10(2)13(19)18-8-7-16-14(18)20/h3-6,9-10,17H,7-8H2,1-2H3,(H,16,20)/p+1/t9-,10-/m0/s1. The number of hydrogen-bond donors (Lipinski definition) is 2. The number of hydrogen-bond acceptors (Lipinski definition) is 2. The van der Waals surface area contributed by atoms with Gasteiger partial charge in [-0.2, -0.15) is 0 Å². The molecule has 1 aromatic carbocycles. The molecule has 0 spiro atoms. The van der Waals surface area contributed by atoms with Crippen LogP contribution in [0.5, 0.6) is 0 Å². The van der Waals surface area contributed by atoms with Crippen molar-refractivity contribution in [3.8, 4) is 0 Å². The number of urea groups is 1. The van der Waals surface area contributed by atoms with E-state index < -0.39 is 0 Å². The summed E-state index contributed by atoms with van der Waals surface area (Å²) in [7, 11) is 0. The van der Waals surface area contributed by atoms with Crippen molar-refractivity contribution in [2.45, 2.75) is 25.9 Å². The molecule has 6 heteroatoms. The highest BCUT2D eigenvalue weighted by molar-refractivity contribution is 6.31. The van der Waals surface area contributed by atoms with Crippen LogP contribution in [0.25, 0.3) is 0 Å². The van der Waals surface area contributed by atoms with Crippen molar-refractivity contribution in [1.29, 1.82) is 0 Å². The number of carbonyl (C=O) groups is 2. The Hall–Kier alpha value is -1.59. The van der Waals surface area contributed by atoms with Crippen molar-refractivity contribution in [3.05, 3.63) is 34.9 Å². The zero-order chi connectivity index (χ0) is 14.7. The van der Waals surface area contributed by atoms with E-state index in [0.29, 0.717) is 18.1 Å². The first kappa shape index (κ1) is 14.8. The van der Waals surface area contributed by atoms with Crippen LogP contribution in [-0.2, 0) is 4.79 Å². The van der Waals surface area contributed by atoms with E-state index in [1.54, 1.807) is 6.92 Å². The number of nitrogens with one attached hydrogen (secondary N) is 1. The second-order valence-electron chi connectivity index (χ2n) is 5.01. The fourth-order valence-electron chi connectivity index (χ4n) is 2.39. The van der Waals surface area contributed by atoms with E-state index >= 15 is 0 Å². The maximum atomic E-state index is 12.2. The molecule has 1 heterocycles. The Morgan fingerprint density at radius 1 is 1.40 bits per heavy atom. The normalized spacial score (nSPS) is 17.8. The summed E-state index contributed by atoms with van der Waals surface area (Å²) in [5.41, 5.74) is 0.986. The molecule has 1 aliphatic rings. The third kappa shape index (κ3) is 3.11. The molecule has 0 radical (unpaired) electrons. The summed E-state index contributed by atoms with van der Waals surface area (Å²) in [6.07, 6.45) is 0. The van der Waals surface area contributed by atoms with Crippen molar-refractivity contribution in [2.24, 2.45) is 0 Å². The largest absolute Gasteiger partial charge is 0.336 e.